The van der Waals surface area contributed by atoms with Crippen molar-refractivity contribution in [3.63, 3.8) is 0 Å². The Labute approximate surface area is 121 Å². The maximum atomic E-state index is 11.9. The molecule has 2 rings (SSSR count). The van der Waals surface area contributed by atoms with Gasteiger partial charge in [0.25, 0.3) is 0 Å². The molecule has 0 fully saturated rings. The fraction of sp³-hybridized carbons (Fsp3) is 0.286. The van der Waals surface area contributed by atoms with Crippen molar-refractivity contribution in [1.82, 2.24) is 10.3 Å². The van der Waals surface area contributed by atoms with Crippen LogP contribution in [0.5, 0.6) is 5.75 Å². The van der Waals surface area contributed by atoms with Crippen LogP contribution >= 0.6 is 11.3 Å². The topological polar surface area (TPSA) is 88.2 Å². The van der Waals surface area contributed by atoms with Gasteiger partial charge in [-0.05, 0) is 31.0 Å². The molecular weight excluding hydrogens is 274 g/mol. The molecule has 6 heteroatoms. The van der Waals surface area contributed by atoms with Crippen molar-refractivity contribution in [1.29, 1.82) is 0 Å². The minimum absolute atomic E-state index is 0.191. The summed E-state index contributed by atoms with van der Waals surface area (Å²) in [6.07, 6.45) is 2.19. The van der Waals surface area contributed by atoms with Gasteiger partial charge in [0.2, 0.25) is 5.91 Å². The lowest BCUT2D eigenvalue weighted by molar-refractivity contribution is -0.122. The van der Waals surface area contributed by atoms with Crippen LogP contribution in [0.2, 0.25) is 0 Å². The number of phenols is 1. The molecule has 1 heterocycles. The first kappa shape index (κ1) is 14.5. The van der Waals surface area contributed by atoms with Crippen molar-refractivity contribution in [3.8, 4) is 5.75 Å². The largest absolute Gasteiger partial charge is 0.508 e. The smallest absolute Gasteiger partial charge is 0.237 e. The third-order valence-electron chi connectivity index (χ3n) is 2.83. The maximum Gasteiger partial charge on any atom is 0.237 e. The van der Waals surface area contributed by atoms with Gasteiger partial charge in [0.1, 0.15) is 5.75 Å². The Balaban J connectivity index is 1.84. The number of carbonyl (C=O) groups is 1. The zero-order valence-electron chi connectivity index (χ0n) is 11.2. The SMILES string of the molecule is Cc1ncc(CNC(=O)[C@@H](N)Cc2ccc(O)cc2)s1. The predicted molar refractivity (Wildman–Crippen MR) is 78.5 cm³/mol. The highest BCUT2D eigenvalue weighted by atomic mass is 32.1. The average molecular weight is 291 g/mol. The summed E-state index contributed by atoms with van der Waals surface area (Å²) in [5, 5.41) is 13.0. The fourth-order valence-electron chi connectivity index (χ4n) is 1.77. The molecule has 0 saturated heterocycles. The van der Waals surface area contributed by atoms with E-state index >= 15 is 0 Å². The summed E-state index contributed by atoms with van der Waals surface area (Å²) in [5.41, 5.74) is 6.79. The number of phenolic OH excluding ortho intramolecular Hbond substituents is 1. The standard InChI is InChI=1S/C14H17N3O2S/c1-9-16-7-12(20-9)8-17-14(19)13(15)6-10-2-4-11(18)5-3-10/h2-5,7,13,18H,6,8,15H2,1H3,(H,17,19)/t13-/m0/s1. The molecule has 0 aliphatic heterocycles. The van der Waals surface area contributed by atoms with E-state index in [2.05, 4.69) is 10.3 Å². The second-order valence-corrected chi connectivity index (χ2v) is 5.86. The fourth-order valence-corrected chi connectivity index (χ4v) is 2.51. The van der Waals surface area contributed by atoms with Crippen LogP contribution in [0.25, 0.3) is 0 Å². The van der Waals surface area contributed by atoms with Gasteiger partial charge in [0.15, 0.2) is 0 Å². The highest BCUT2D eigenvalue weighted by Crippen LogP contribution is 2.12. The van der Waals surface area contributed by atoms with E-state index in [9.17, 15) is 9.90 Å². The Hall–Kier alpha value is -1.92. The van der Waals surface area contributed by atoms with Gasteiger partial charge in [-0.3, -0.25) is 4.79 Å². The molecule has 0 unspecified atom stereocenters. The summed E-state index contributed by atoms with van der Waals surface area (Å²) >= 11 is 1.55. The molecule has 0 radical (unpaired) electrons. The predicted octanol–water partition coefficient (Wildman–Crippen LogP) is 1.34. The second-order valence-electron chi connectivity index (χ2n) is 4.54. The Morgan fingerprint density at radius 2 is 2.15 bits per heavy atom. The zero-order chi connectivity index (χ0) is 14.5. The van der Waals surface area contributed by atoms with Crippen molar-refractivity contribution in [2.45, 2.75) is 25.9 Å². The Bertz CT molecular complexity index is 580. The molecule has 1 aromatic carbocycles. The van der Waals surface area contributed by atoms with E-state index < -0.39 is 6.04 Å². The van der Waals surface area contributed by atoms with Gasteiger partial charge in [0, 0.05) is 11.1 Å². The number of aromatic hydroxyl groups is 1. The summed E-state index contributed by atoms with van der Waals surface area (Å²) < 4.78 is 0. The molecule has 1 amide bonds. The van der Waals surface area contributed by atoms with Crippen LogP contribution in [-0.2, 0) is 17.8 Å². The first-order valence-corrected chi connectivity index (χ1v) is 7.09. The lowest BCUT2D eigenvalue weighted by Crippen LogP contribution is -2.41. The third-order valence-corrected chi connectivity index (χ3v) is 3.75. The molecule has 0 bridgehead atoms. The number of thiazole rings is 1. The van der Waals surface area contributed by atoms with Gasteiger partial charge in [-0.15, -0.1) is 11.3 Å². The minimum Gasteiger partial charge on any atom is -0.508 e. The molecule has 4 N–H and O–H groups in total. The van der Waals surface area contributed by atoms with Crippen LogP contribution in [0.15, 0.2) is 30.5 Å². The van der Waals surface area contributed by atoms with Crippen LogP contribution in [0.3, 0.4) is 0 Å². The van der Waals surface area contributed by atoms with E-state index in [1.54, 1.807) is 41.8 Å². The number of benzene rings is 1. The van der Waals surface area contributed by atoms with Crippen LogP contribution in [0.1, 0.15) is 15.4 Å². The highest BCUT2D eigenvalue weighted by molar-refractivity contribution is 7.11. The number of amides is 1. The van der Waals surface area contributed by atoms with E-state index in [4.69, 9.17) is 5.73 Å². The Morgan fingerprint density at radius 3 is 2.75 bits per heavy atom. The van der Waals surface area contributed by atoms with Crippen molar-refractivity contribution in [2.24, 2.45) is 5.73 Å². The quantitative estimate of drug-likeness (QED) is 0.775. The van der Waals surface area contributed by atoms with Gasteiger partial charge < -0.3 is 16.2 Å². The number of hydrogen-bond acceptors (Lipinski definition) is 5. The van der Waals surface area contributed by atoms with Gasteiger partial charge >= 0.3 is 0 Å². The Kier molecular flexibility index (Phi) is 4.70. The van der Waals surface area contributed by atoms with Gasteiger partial charge in [-0.2, -0.15) is 0 Å². The van der Waals surface area contributed by atoms with E-state index in [-0.39, 0.29) is 11.7 Å². The number of nitrogens with two attached hydrogens (primary N) is 1. The van der Waals surface area contributed by atoms with Gasteiger partial charge in [-0.25, -0.2) is 4.98 Å². The molecule has 20 heavy (non-hydrogen) atoms. The van der Waals surface area contributed by atoms with Gasteiger partial charge in [-0.1, -0.05) is 12.1 Å². The lowest BCUT2D eigenvalue weighted by atomic mass is 10.1. The normalized spacial score (nSPS) is 12.1. The van der Waals surface area contributed by atoms with E-state index in [0.29, 0.717) is 13.0 Å². The summed E-state index contributed by atoms with van der Waals surface area (Å²) in [4.78, 5) is 17.0. The monoisotopic (exact) mass is 291 g/mol. The summed E-state index contributed by atoms with van der Waals surface area (Å²) in [6, 6.07) is 6.08. The zero-order valence-corrected chi connectivity index (χ0v) is 12.0. The molecule has 1 aromatic heterocycles. The highest BCUT2D eigenvalue weighted by Gasteiger charge is 2.14. The second kappa shape index (κ2) is 6.49. The molecule has 0 aliphatic carbocycles. The molecule has 106 valence electrons. The molecule has 0 spiro atoms. The van der Waals surface area contributed by atoms with Crippen LogP contribution in [-0.4, -0.2) is 22.0 Å². The third kappa shape index (κ3) is 4.04. The number of nitrogens with one attached hydrogen (secondary N) is 1. The van der Waals surface area contributed by atoms with Crippen LogP contribution < -0.4 is 11.1 Å². The van der Waals surface area contributed by atoms with Crippen molar-refractivity contribution in [2.75, 3.05) is 0 Å². The molecule has 1 atom stereocenters. The summed E-state index contributed by atoms with van der Waals surface area (Å²) in [7, 11) is 0. The number of nitrogens with zero attached hydrogens (tertiary/aromatic N) is 1. The minimum atomic E-state index is -0.603. The Morgan fingerprint density at radius 1 is 1.45 bits per heavy atom. The number of hydrogen-bond donors (Lipinski definition) is 3. The van der Waals surface area contributed by atoms with E-state index in [1.165, 1.54) is 0 Å². The number of rotatable bonds is 5. The van der Waals surface area contributed by atoms with E-state index in [1.807, 2.05) is 6.92 Å². The number of carbonyl (C=O) groups excluding carboxylic acids is 1. The molecule has 0 saturated carbocycles. The van der Waals surface area contributed by atoms with Crippen molar-refractivity contribution in [3.05, 3.63) is 45.9 Å². The van der Waals surface area contributed by atoms with E-state index in [0.717, 1.165) is 15.4 Å². The summed E-state index contributed by atoms with van der Waals surface area (Å²) in [6.45, 7) is 2.38. The van der Waals surface area contributed by atoms with Crippen molar-refractivity contribution < 1.29 is 9.90 Å². The summed E-state index contributed by atoms with van der Waals surface area (Å²) in [5.74, 6) is 0.0106. The average Bonchev–Trinajstić information content (AvgIpc) is 2.84. The number of aryl methyl sites for hydroxylation is 1. The van der Waals surface area contributed by atoms with Crippen molar-refractivity contribution >= 4 is 17.2 Å². The first-order valence-electron chi connectivity index (χ1n) is 6.27. The first-order chi connectivity index (χ1) is 9.54. The van der Waals surface area contributed by atoms with Crippen LogP contribution in [0.4, 0.5) is 0 Å². The molecule has 5 nitrogen and oxygen atoms in total. The van der Waals surface area contributed by atoms with Crippen LogP contribution in [0, 0.1) is 6.92 Å². The molecule has 0 aliphatic rings. The molecule has 2 aromatic rings. The van der Waals surface area contributed by atoms with Gasteiger partial charge in [0.05, 0.1) is 17.6 Å². The number of aromatic nitrogens is 1. The molecular formula is C14H17N3O2S. The maximum absolute atomic E-state index is 11.9. The lowest BCUT2D eigenvalue weighted by Gasteiger charge is -2.11.